The lowest BCUT2D eigenvalue weighted by atomic mass is 10.0. The fourth-order valence-electron chi connectivity index (χ4n) is 1.68. The first-order valence-corrected chi connectivity index (χ1v) is 5.39. The van der Waals surface area contributed by atoms with E-state index in [1.165, 1.54) is 37.8 Å². The highest BCUT2D eigenvalue weighted by molar-refractivity contribution is 5.88. The Kier molecular flexibility index (Phi) is 3.79. The highest BCUT2D eigenvalue weighted by Gasteiger charge is 2.16. The van der Waals surface area contributed by atoms with E-state index in [0.29, 0.717) is 28.7 Å². The van der Waals surface area contributed by atoms with E-state index in [2.05, 4.69) is 9.97 Å². The largest absolute Gasteiger partial charge is 0.494 e. The Morgan fingerprint density at radius 2 is 2.11 bits per heavy atom. The van der Waals surface area contributed by atoms with Crippen LogP contribution in [-0.2, 0) is 0 Å². The minimum absolute atomic E-state index is 0.306. The van der Waals surface area contributed by atoms with Gasteiger partial charge in [0, 0.05) is 29.1 Å². The molecule has 0 atom stereocenters. The number of halogens is 2. The van der Waals surface area contributed by atoms with Gasteiger partial charge in [-0.25, -0.2) is 8.78 Å². The Hall–Kier alpha value is -2.37. The van der Waals surface area contributed by atoms with Crippen molar-refractivity contribution in [3.63, 3.8) is 0 Å². The molecule has 4 nitrogen and oxygen atoms in total. The zero-order valence-electron chi connectivity index (χ0n) is 10.0. The summed E-state index contributed by atoms with van der Waals surface area (Å²) in [6, 6.07) is 2.71. The number of carbonyl (C=O) groups is 1. The molecule has 0 fully saturated rings. The van der Waals surface area contributed by atoms with Crippen LogP contribution in [0.4, 0.5) is 8.78 Å². The molecule has 6 heteroatoms. The molecule has 0 saturated carbocycles. The van der Waals surface area contributed by atoms with Crippen LogP contribution in [0.2, 0.25) is 0 Å². The maximum Gasteiger partial charge on any atom is 0.280 e. The van der Waals surface area contributed by atoms with E-state index in [0.717, 1.165) is 0 Å². The van der Waals surface area contributed by atoms with Gasteiger partial charge in [0.1, 0.15) is 11.4 Å². The van der Waals surface area contributed by atoms with Gasteiger partial charge in [0.05, 0.1) is 13.3 Å². The molecule has 0 saturated heterocycles. The van der Waals surface area contributed by atoms with Crippen molar-refractivity contribution in [1.82, 2.24) is 9.97 Å². The van der Waals surface area contributed by atoms with E-state index in [1.54, 1.807) is 0 Å². The lowest BCUT2D eigenvalue weighted by Gasteiger charge is -2.11. The first-order chi connectivity index (χ1) is 9.17. The van der Waals surface area contributed by atoms with E-state index in [4.69, 9.17) is 4.74 Å². The minimum atomic E-state index is -2.69. The summed E-state index contributed by atoms with van der Waals surface area (Å²) in [6.07, 6.45) is 2.03. The van der Waals surface area contributed by atoms with Crippen molar-refractivity contribution in [2.24, 2.45) is 0 Å². The molecule has 0 aromatic carbocycles. The van der Waals surface area contributed by atoms with Crippen LogP contribution in [0.15, 0.2) is 30.7 Å². The molecule has 0 aliphatic heterocycles. The SMILES string of the molecule is COc1cnc(C(F)F)cc1-c1cnccc1C=O. The molecule has 0 N–H and O–H groups in total. The predicted octanol–water partition coefficient (Wildman–Crippen LogP) is 2.90. The highest BCUT2D eigenvalue weighted by atomic mass is 19.3. The lowest BCUT2D eigenvalue weighted by Crippen LogP contribution is -1.97. The number of rotatable bonds is 4. The van der Waals surface area contributed by atoms with E-state index in [-0.39, 0.29) is 5.69 Å². The molecule has 2 rings (SSSR count). The van der Waals surface area contributed by atoms with Gasteiger partial charge in [-0.3, -0.25) is 14.8 Å². The number of nitrogens with zero attached hydrogens (tertiary/aromatic N) is 2. The van der Waals surface area contributed by atoms with Gasteiger partial charge >= 0.3 is 0 Å². The van der Waals surface area contributed by atoms with Crippen LogP contribution in [0, 0.1) is 0 Å². The number of aldehydes is 1. The Labute approximate surface area is 108 Å². The normalized spacial score (nSPS) is 10.5. The zero-order valence-corrected chi connectivity index (χ0v) is 10.0. The summed E-state index contributed by atoms with van der Waals surface area (Å²) in [5, 5.41) is 0. The molecule has 2 aromatic rings. The van der Waals surface area contributed by atoms with Crippen molar-refractivity contribution in [2.45, 2.75) is 6.43 Å². The molecule has 2 aromatic heterocycles. The Morgan fingerprint density at radius 3 is 2.74 bits per heavy atom. The van der Waals surface area contributed by atoms with Gasteiger partial charge in [0.25, 0.3) is 6.43 Å². The molecular weight excluding hydrogens is 254 g/mol. The van der Waals surface area contributed by atoms with E-state index in [1.807, 2.05) is 0 Å². The third-order valence-corrected chi connectivity index (χ3v) is 2.60. The van der Waals surface area contributed by atoms with Crippen molar-refractivity contribution in [2.75, 3.05) is 7.11 Å². The van der Waals surface area contributed by atoms with Crippen LogP contribution < -0.4 is 4.74 Å². The molecule has 0 aliphatic carbocycles. The summed E-state index contributed by atoms with van der Waals surface area (Å²) in [4.78, 5) is 18.5. The highest BCUT2D eigenvalue weighted by Crippen LogP contribution is 2.33. The van der Waals surface area contributed by atoms with Crippen molar-refractivity contribution in [3.8, 4) is 16.9 Å². The van der Waals surface area contributed by atoms with Gasteiger partial charge < -0.3 is 4.74 Å². The van der Waals surface area contributed by atoms with Crippen LogP contribution in [-0.4, -0.2) is 23.4 Å². The summed E-state index contributed by atoms with van der Waals surface area (Å²) in [7, 11) is 1.40. The van der Waals surface area contributed by atoms with Crippen LogP contribution in [0.5, 0.6) is 5.75 Å². The van der Waals surface area contributed by atoms with Crippen LogP contribution in [0.3, 0.4) is 0 Å². The average molecular weight is 264 g/mol. The van der Waals surface area contributed by atoms with Gasteiger partial charge in [-0.15, -0.1) is 0 Å². The number of carbonyl (C=O) groups excluding carboxylic acids is 1. The van der Waals surface area contributed by atoms with Crippen molar-refractivity contribution in [3.05, 3.63) is 42.0 Å². The molecule has 19 heavy (non-hydrogen) atoms. The quantitative estimate of drug-likeness (QED) is 0.797. The molecule has 98 valence electrons. The second-order valence-corrected chi connectivity index (χ2v) is 3.69. The van der Waals surface area contributed by atoms with Crippen LogP contribution in [0.1, 0.15) is 22.5 Å². The van der Waals surface area contributed by atoms with Gasteiger partial charge in [-0.05, 0) is 12.1 Å². The molecule has 0 amide bonds. The number of methoxy groups -OCH3 is 1. The number of aromatic nitrogens is 2. The van der Waals surface area contributed by atoms with Crippen LogP contribution in [0.25, 0.3) is 11.1 Å². The number of alkyl halides is 2. The zero-order chi connectivity index (χ0) is 13.8. The maximum atomic E-state index is 12.7. The molecule has 0 radical (unpaired) electrons. The molecule has 0 spiro atoms. The summed E-state index contributed by atoms with van der Waals surface area (Å²) in [5.74, 6) is 0.306. The number of hydrogen-bond donors (Lipinski definition) is 0. The topological polar surface area (TPSA) is 52.1 Å². The second-order valence-electron chi connectivity index (χ2n) is 3.69. The Balaban J connectivity index is 2.65. The standard InChI is InChI=1S/C13H10F2N2O2/c1-19-12-6-17-11(13(14)15)4-9(12)10-5-16-3-2-8(10)7-18/h2-7,13H,1H3. The fourth-order valence-corrected chi connectivity index (χ4v) is 1.68. The van der Waals surface area contributed by atoms with E-state index >= 15 is 0 Å². The Bertz CT molecular complexity index is 603. The van der Waals surface area contributed by atoms with Crippen molar-refractivity contribution >= 4 is 6.29 Å². The van der Waals surface area contributed by atoms with E-state index in [9.17, 15) is 13.6 Å². The smallest absolute Gasteiger partial charge is 0.280 e. The van der Waals surface area contributed by atoms with Crippen LogP contribution >= 0.6 is 0 Å². The van der Waals surface area contributed by atoms with Crippen molar-refractivity contribution in [1.29, 1.82) is 0 Å². The van der Waals surface area contributed by atoms with Gasteiger partial charge in [0.15, 0.2) is 6.29 Å². The third-order valence-electron chi connectivity index (χ3n) is 2.60. The van der Waals surface area contributed by atoms with E-state index < -0.39 is 6.43 Å². The molecule has 0 bridgehead atoms. The molecule has 0 aliphatic rings. The first-order valence-electron chi connectivity index (χ1n) is 5.39. The fraction of sp³-hybridized carbons (Fsp3) is 0.154. The van der Waals surface area contributed by atoms with Crippen molar-refractivity contribution < 1.29 is 18.3 Å². The lowest BCUT2D eigenvalue weighted by molar-refractivity contribution is 0.112. The second kappa shape index (κ2) is 5.51. The summed E-state index contributed by atoms with van der Waals surface area (Å²) < 4.78 is 30.5. The maximum absolute atomic E-state index is 12.7. The third kappa shape index (κ3) is 2.57. The monoisotopic (exact) mass is 264 g/mol. The molecule has 0 unspecified atom stereocenters. The summed E-state index contributed by atoms with van der Waals surface area (Å²) in [6.45, 7) is 0. The molecule has 2 heterocycles. The molecular formula is C13H10F2N2O2. The average Bonchev–Trinajstić information content (AvgIpc) is 2.46. The Morgan fingerprint density at radius 1 is 1.32 bits per heavy atom. The van der Waals surface area contributed by atoms with Gasteiger partial charge in [-0.2, -0.15) is 0 Å². The number of pyridine rings is 2. The van der Waals surface area contributed by atoms with Gasteiger partial charge in [-0.1, -0.05) is 0 Å². The number of hydrogen-bond acceptors (Lipinski definition) is 4. The summed E-state index contributed by atoms with van der Waals surface area (Å²) in [5.41, 5.74) is 0.762. The number of ether oxygens (including phenoxy) is 1. The summed E-state index contributed by atoms with van der Waals surface area (Å²) >= 11 is 0. The van der Waals surface area contributed by atoms with Gasteiger partial charge in [0.2, 0.25) is 0 Å². The predicted molar refractivity (Wildman–Crippen MR) is 64.4 cm³/mol. The minimum Gasteiger partial charge on any atom is -0.494 e. The first kappa shape index (κ1) is 13.1.